The van der Waals surface area contributed by atoms with E-state index >= 15 is 0 Å². The Labute approximate surface area is 158 Å². The summed E-state index contributed by atoms with van der Waals surface area (Å²) >= 11 is 1.38. The Kier molecular flexibility index (Phi) is 5.47. The largest absolute Gasteiger partial charge is 0.459 e. The van der Waals surface area contributed by atoms with Gasteiger partial charge in [-0.25, -0.2) is 4.79 Å². The van der Waals surface area contributed by atoms with Crippen LogP contribution in [0.25, 0.3) is 11.1 Å². The zero-order valence-corrected chi connectivity index (χ0v) is 16.5. The second-order valence-corrected chi connectivity index (χ2v) is 8.23. The van der Waals surface area contributed by atoms with Gasteiger partial charge < -0.3 is 10.1 Å². The Balaban J connectivity index is 1.96. The molecule has 0 unspecified atom stereocenters. The molecule has 3 rings (SSSR count). The molecule has 0 spiro atoms. The quantitative estimate of drug-likeness (QED) is 0.687. The highest BCUT2D eigenvalue weighted by Gasteiger charge is 2.32. The number of anilines is 1. The van der Waals surface area contributed by atoms with Gasteiger partial charge in [-0.15, -0.1) is 11.3 Å². The predicted octanol–water partition coefficient (Wildman–Crippen LogP) is 5.45. The molecule has 1 aliphatic carbocycles. The van der Waals surface area contributed by atoms with Crippen molar-refractivity contribution in [1.29, 1.82) is 0 Å². The smallest absolute Gasteiger partial charge is 0.342 e. The summed E-state index contributed by atoms with van der Waals surface area (Å²) in [5, 5.41) is 5.42. The molecule has 0 saturated heterocycles. The topological polar surface area (TPSA) is 55.4 Å². The van der Waals surface area contributed by atoms with E-state index in [0.717, 1.165) is 24.0 Å². The molecule has 1 saturated carbocycles. The molecular formula is C21H25NO3S. The van der Waals surface area contributed by atoms with Crippen LogP contribution in [0.5, 0.6) is 0 Å². The monoisotopic (exact) mass is 371 g/mol. The van der Waals surface area contributed by atoms with E-state index in [1.54, 1.807) is 0 Å². The number of amides is 1. The summed E-state index contributed by atoms with van der Waals surface area (Å²) in [6.45, 7) is 7.95. The Hall–Kier alpha value is -2.14. The van der Waals surface area contributed by atoms with Crippen molar-refractivity contribution in [2.24, 2.45) is 5.92 Å². The van der Waals surface area contributed by atoms with Crippen molar-refractivity contribution in [1.82, 2.24) is 0 Å². The van der Waals surface area contributed by atoms with Gasteiger partial charge in [0.15, 0.2) is 0 Å². The summed E-state index contributed by atoms with van der Waals surface area (Å²) in [5.41, 5.74) is 3.46. The van der Waals surface area contributed by atoms with Crippen LogP contribution in [0.4, 0.5) is 5.00 Å². The number of hydrogen-bond acceptors (Lipinski definition) is 4. The molecule has 4 nitrogen and oxygen atoms in total. The van der Waals surface area contributed by atoms with Crippen molar-refractivity contribution in [3.8, 4) is 11.1 Å². The number of ether oxygens (including phenoxy) is 1. The molecule has 0 radical (unpaired) electrons. The first kappa shape index (κ1) is 18.6. The van der Waals surface area contributed by atoms with Gasteiger partial charge in [-0.2, -0.15) is 0 Å². The minimum absolute atomic E-state index is 0.00727. The lowest BCUT2D eigenvalue weighted by Gasteiger charge is -2.12. The molecule has 1 amide bonds. The molecule has 2 aromatic rings. The molecule has 26 heavy (non-hydrogen) atoms. The van der Waals surface area contributed by atoms with Crippen LogP contribution in [-0.2, 0) is 9.53 Å². The molecule has 138 valence electrons. The Morgan fingerprint density at radius 2 is 1.77 bits per heavy atom. The summed E-state index contributed by atoms with van der Waals surface area (Å²) in [6, 6.07) is 8.21. The van der Waals surface area contributed by atoms with Crippen LogP contribution in [0, 0.1) is 5.92 Å². The number of carbonyl (C=O) groups excluding carboxylic acids is 2. The van der Waals surface area contributed by atoms with E-state index in [1.807, 2.05) is 31.4 Å². The van der Waals surface area contributed by atoms with Crippen molar-refractivity contribution in [3.05, 3.63) is 40.8 Å². The van der Waals surface area contributed by atoms with E-state index in [1.165, 1.54) is 16.9 Å². The Bertz CT molecular complexity index is 801. The zero-order chi connectivity index (χ0) is 18.8. The molecule has 1 heterocycles. The van der Waals surface area contributed by atoms with Crippen LogP contribution in [0.2, 0.25) is 0 Å². The third-order valence-corrected chi connectivity index (χ3v) is 5.31. The normalized spacial score (nSPS) is 13.9. The number of rotatable bonds is 6. The van der Waals surface area contributed by atoms with Gasteiger partial charge in [0.1, 0.15) is 10.6 Å². The summed E-state index contributed by atoms with van der Waals surface area (Å²) in [4.78, 5) is 24.9. The van der Waals surface area contributed by atoms with Crippen LogP contribution in [0.3, 0.4) is 0 Å². The van der Waals surface area contributed by atoms with Crippen molar-refractivity contribution >= 4 is 28.2 Å². The summed E-state index contributed by atoms with van der Waals surface area (Å²) in [7, 11) is 0. The van der Waals surface area contributed by atoms with Gasteiger partial charge in [-0.05, 0) is 43.7 Å². The predicted molar refractivity (Wildman–Crippen MR) is 106 cm³/mol. The maximum absolute atomic E-state index is 12.7. The molecule has 1 aromatic carbocycles. The third-order valence-electron chi connectivity index (χ3n) is 4.41. The van der Waals surface area contributed by atoms with Crippen LogP contribution in [0.15, 0.2) is 29.6 Å². The second kappa shape index (κ2) is 7.62. The number of benzene rings is 1. The van der Waals surface area contributed by atoms with Gasteiger partial charge in [0.25, 0.3) is 0 Å². The highest BCUT2D eigenvalue weighted by atomic mass is 32.1. The van der Waals surface area contributed by atoms with Crippen molar-refractivity contribution in [3.63, 3.8) is 0 Å². The minimum Gasteiger partial charge on any atom is -0.459 e. The Morgan fingerprint density at radius 1 is 1.12 bits per heavy atom. The van der Waals surface area contributed by atoms with E-state index in [-0.39, 0.29) is 17.9 Å². The van der Waals surface area contributed by atoms with Gasteiger partial charge >= 0.3 is 5.97 Å². The molecule has 1 fully saturated rings. The van der Waals surface area contributed by atoms with Gasteiger partial charge in [0.05, 0.1) is 6.10 Å². The molecular weight excluding hydrogens is 346 g/mol. The van der Waals surface area contributed by atoms with Gasteiger partial charge in [-0.1, -0.05) is 38.1 Å². The molecule has 0 atom stereocenters. The lowest BCUT2D eigenvalue weighted by atomic mass is 9.98. The van der Waals surface area contributed by atoms with E-state index in [2.05, 4.69) is 31.3 Å². The summed E-state index contributed by atoms with van der Waals surface area (Å²) in [5.74, 6) is 0.132. The maximum atomic E-state index is 12.7. The van der Waals surface area contributed by atoms with Gasteiger partial charge in [0.2, 0.25) is 5.91 Å². The molecule has 0 bridgehead atoms. The fourth-order valence-corrected chi connectivity index (χ4v) is 3.71. The molecule has 1 aliphatic rings. The highest BCUT2D eigenvalue weighted by Crippen LogP contribution is 2.38. The van der Waals surface area contributed by atoms with Crippen LogP contribution >= 0.6 is 11.3 Å². The van der Waals surface area contributed by atoms with Crippen molar-refractivity contribution < 1.29 is 14.3 Å². The van der Waals surface area contributed by atoms with E-state index in [4.69, 9.17) is 4.74 Å². The standard InChI is InChI=1S/C21H25NO3S/c1-12(2)14-5-7-15(8-6-14)17-11-26-20(22-19(23)16-9-10-16)18(17)21(24)25-13(3)4/h5-8,11-13,16H,9-10H2,1-4H3,(H,22,23). The summed E-state index contributed by atoms with van der Waals surface area (Å²) < 4.78 is 5.43. The third kappa shape index (κ3) is 4.15. The van der Waals surface area contributed by atoms with E-state index in [0.29, 0.717) is 16.5 Å². The van der Waals surface area contributed by atoms with Crippen LogP contribution in [0.1, 0.15) is 62.4 Å². The second-order valence-electron chi connectivity index (χ2n) is 7.35. The highest BCUT2D eigenvalue weighted by molar-refractivity contribution is 7.15. The van der Waals surface area contributed by atoms with Crippen molar-refractivity contribution in [2.75, 3.05) is 5.32 Å². The molecule has 1 N–H and O–H groups in total. The van der Waals surface area contributed by atoms with Gasteiger partial charge in [-0.3, -0.25) is 4.79 Å². The number of esters is 1. The lowest BCUT2D eigenvalue weighted by Crippen LogP contribution is -2.17. The van der Waals surface area contributed by atoms with E-state index < -0.39 is 5.97 Å². The number of thiophene rings is 1. The van der Waals surface area contributed by atoms with Gasteiger partial charge in [0, 0.05) is 16.9 Å². The first-order chi connectivity index (χ1) is 12.4. The van der Waals surface area contributed by atoms with Crippen LogP contribution < -0.4 is 5.32 Å². The number of nitrogens with one attached hydrogen (secondary N) is 1. The average Bonchev–Trinajstić information content (AvgIpc) is 3.35. The summed E-state index contributed by atoms with van der Waals surface area (Å²) in [6.07, 6.45) is 1.63. The molecule has 1 aromatic heterocycles. The SMILES string of the molecule is CC(C)OC(=O)c1c(-c2ccc(C(C)C)cc2)csc1NC(=O)C1CC1. The van der Waals surface area contributed by atoms with Crippen LogP contribution in [-0.4, -0.2) is 18.0 Å². The minimum atomic E-state index is -0.393. The zero-order valence-electron chi connectivity index (χ0n) is 15.7. The lowest BCUT2D eigenvalue weighted by molar-refractivity contribution is -0.117. The molecule has 5 heteroatoms. The first-order valence-electron chi connectivity index (χ1n) is 9.10. The maximum Gasteiger partial charge on any atom is 0.342 e. The fourth-order valence-electron chi connectivity index (χ4n) is 2.75. The fraction of sp³-hybridized carbons (Fsp3) is 0.429. The average molecular weight is 372 g/mol. The van der Waals surface area contributed by atoms with Crippen molar-refractivity contribution in [2.45, 2.75) is 52.6 Å². The molecule has 0 aliphatic heterocycles. The number of carbonyl (C=O) groups is 2. The van der Waals surface area contributed by atoms with E-state index in [9.17, 15) is 9.59 Å². The number of hydrogen-bond donors (Lipinski definition) is 1. The first-order valence-corrected chi connectivity index (χ1v) is 9.98. The Morgan fingerprint density at radius 3 is 2.31 bits per heavy atom.